The van der Waals surface area contributed by atoms with Gasteiger partial charge in [0.15, 0.2) is 0 Å². The minimum Gasteiger partial charge on any atom is -0.455 e. The normalized spacial score (nSPS) is 32.8. The van der Waals surface area contributed by atoms with Crippen molar-refractivity contribution >= 4 is 23.7 Å². The Bertz CT molecular complexity index is 1220. The first-order chi connectivity index (χ1) is 19.8. The Morgan fingerprint density at radius 2 is 1.85 bits per heavy atom. The van der Waals surface area contributed by atoms with E-state index in [4.69, 9.17) is 9.47 Å². The number of nitrogens with zero attached hydrogens (tertiary/aromatic N) is 2. The zero-order valence-electron chi connectivity index (χ0n) is 23.6. The Morgan fingerprint density at radius 1 is 1.07 bits per heavy atom. The number of likely N-dealkylation sites (tertiary alicyclic amines) is 1. The number of rotatable bonds is 6. The number of hydrogen-bond donors (Lipinski definition) is 2. The van der Waals surface area contributed by atoms with Crippen LogP contribution in [0.25, 0.3) is 0 Å². The average Bonchev–Trinajstić information content (AvgIpc) is 3.33. The number of aliphatic hydroxyl groups excluding tert-OH is 1. The maximum atomic E-state index is 14.2. The minimum atomic E-state index is -1.35. The van der Waals surface area contributed by atoms with Crippen LogP contribution in [0.2, 0.25) is 0 Å². The van der Waals surface area contributed by atoms with E-state index in [2.05, 4.69) is 5.32 Å². The van der Waals surface area contributed by atoms with E-state index in [0.29, 0.717) is 25.8 Å². The molecule has 5 rings (SSSR count). The van der Waals surface area contributed by atoms with Gasteiger partial charge in [-0.25, -0.2) is 0 Å². The fourth-order valence-corrected chi connectivity index (χ4v) is 6.52. The van der Waals surface area contributed by atoms with Gasteiger partial charge in [-0.1, -0.05) is 54.6 Å². The van der Waals surface area contributed by atoms with E-state index in [1.54, 1.807) is 28.0 Å². The Balaban J connectivity index is 1.57. The standard InChI is InChI=1S/C31H39N3O7/c1-20(2)33-17-10-15-31-26(28(37)34(16-8-9-18-35)27(31)29(33)38)25-22(41-31)13-6-7-14-24(36)32-19-23(40-30(25)39)21-11-4-3-5-12-21/h3-6,10-13,15,20,22-23,25-27,35H,7-9,14,16-19H2,1-2H3,(H,32,36)/b13-6-/t22-,23+,25+,26+,27-,31+/m1/s1. The van der Waals surface area contributed by atoms with Gasteiger partial charge in [0, 0.05) is 32.2 Å². The second-order valence-corrected chi connectivity index (χ2v) is 11.4. The van der Waals surface area contributed by atoms with Crippen molar-refractivity contribution in [2.24, 2.45) is 11.8 Å². The van der Waals surface area contributed by atoms with E-state index in [1.807, 2.05) is 50.3 Å². The largest absolute Gasteiger partial charge is 0.455 e. The summed E-state index contributed by atoms with van der Waals surface area (Å²) in [6, 6.07) is 8.12. The predicted molar refractivity (Wildman–Crippen MR) is 149 cm³/mol. The molecule has 4 aliphatic heterocycles. The summed E-state index contributed by atoms with van der Waals surface area (Å²) in [7, 11) is 0. The smallest absolute Gasteiger partial charge is 0.313 e. The number of esters is 1. The number of cyclic esters (lactones) is 1. The lowest BCUT2D eigenvalue weighted by atomic mass is 9.77. The molecule has 0 bridgehead atoms. The Labute approximate surface area is 240 Å². The van der Waals surface area contributed by atoms with Gasteiger partial charge in [0.25, 0.3) is 0 Å². The summed E-state index contributed by atoms with van der Waals surface area (Å²) in [5, 5.41) is 12.2. The van der Waals surface area contributed by atoms with Gasteiger partial charge < -0.3 is 29.7 Å². The number of amides is 3. The first-order valence-electron chi connectivity index (χ1n) is 14.5. The van der Waals surface area contributed by atoms with Crippen molar-refractivity contribution in [2.45, 2.75) is 69.4 Å². The number of benzene rings is 1. The van der Waals surface area contributed by atoms with Crippen LogP contribution in [-0.2, 0) is 28.7 Å². The predicted octanol–water partition coefficient (Wildman–Crippen LogP) is 1.90. The molecule has 0 aromatic heterocycles. The molecule has 10 nitrogen and oxygen atoms in total. The van der Waals surface area contributed by atoms with Gasteiger partial charge in [0.05, 0.1) is 18.6 Å². The lowest BCUT2D eigenvalue weighted by molar-refractivity contribution is -0.160. The zero-order chi connectivity index (χ0) is 29.1. The molecule has 1 spiro atoms. The fraction of sp³-hybridized carbons (Fsp3) is 0.548. The molecule has 2 N–H and O–H groups in total. The summed E-state index contributed by atoms with van der Waals surface area (Å²) < 4.78 is 12.7. The van der Waals surface area contributed by atoms with Crippen LogP contribution in [0.15, 0.2) is 54.6 Å². The van der Waals surface area contributed by atoms with Gasteiger partial charge >= 0.3 is 5.97 Å². The molecule has 3 amide bonds. The second kappa shape index (κ2) is 12.2. The second-order valence-electron chi connectivity index (χ2n) is 11.4. The van der Waals surface area contributed by atoms with Crippen LogP contribution in [0.4, 0.5) is 0 Å². The molecular weight excluding hydrogens is 526 g/mol. The van der Waals surface area contributed by atoms with E-state index in [-0.39, 0.29) is 49.9 Å². The quantitative estimate of drug-likeness (QED) is 0.307. The minimum absolute atomic E-state index is 0.0248. The highest BCUT2D eigenvalue weighted by Crippen LogP contribution is 2.53. The fourth-order valence-electron chi connectivity index (χ4n) is 6.52. The third kappa shape index (κ3) is 5.42. The molecule has 6 atom stereocenters. The number of hydrogen-bond acceptors (Lipinski definition) is 7. The molecule has 2 saturated heterocycles. The highest BCUT2D eigenvalue weighted by Gasteiger charge is 2.71. The molecule has 41 heavy (non-hydrogen) atoms. The maximum Gasteiger partial charge on any atom is 0.313 e. The highest BCUT2D eigenvalue weighted by molar-refractivity contribution is 5.99. The zero-order valence-corrected chi connectivity index (χ0v) is 23.6. The number of unbranched alkanes of at least 4 members (excludes halogenated alkanes) is 1. The van der Waals surface area contributed by atoms with E-state index in [1.165, 1.54) is 0 Å². The molecule has 1 aromatic carbocycles. The van der Waals surface area contributed by atoms with Crippen LogP contribution in [0.1, 0.15) is 51.2 Å². The summed E-state index contributed by atoms with van der Waals surface area (Å²) >= 11 is 0. The number of allylic oxidation sites excluding steroid dienone is 1. The molecule has 0 radical (unpaired) electrons. The number of carbonyl (C=O) groups excluding carboxylic acids is 4. The summed E-state index contributed by atoms with van der Waals surface area (Å²) in [6.07, 6.45) is 7.27. The van der Waals surface area contributed by atoms with E-state index in [9.17, 15) is 24.3 Å². The molecule has 0 unspecified atom stereocenters. The van der Waals surface area contributed by atoms with Crippen LogP contribution in [-0.4, -0.2) is 88.6 Å². The van der Waals surface area contributed by atoms with Crippen LogP contribution >= 0.6 is 0 Å². The molecule has 0 saturated carbocycles. The molecule has 0 aliphatic carbocycles. The maximum absolute atomic E-state index is 14.2. The number of ether oxygens (including phenoxy) is 2. The van der Waals surface area contributed by atoms with Gasteiger partial charge in [0.2, 0.25) is 17.7 Å². The highest BCUT2D eigenvalue weighted by atomic mass is 16.6. The molecule has 4 aliphatic rings. The molecule has 2 fully saturated rings. The van der Waals surface area contributed by atoms with E-state index in [0.717, 1.165) is 5.56 Å². The van der Waals surface area contributed by atoms with Crippen LogP contribution < -0.4 is 5.32 Å². The van der Waals surface area contributed by atoms with Gasteiger partial charge in [-0.15, -0.1) is 0 Å². The lowest BCUT2D eigenvalue weighted by Gasteiger charge is -2.36. The number of aliphatic hydroxyl groups is 1. The van der Waals surface area contributed by atoms with Gasteiger partial charge in [-0.3, -0.25) is 19.2 Å². The molecular formula is C31H39N3O7. The molecule has 220 valence electrons. The summed E-state index contributed by atoms with van der Waals surface area (Å²) in [5.74, 6) is -3.28. The van der Waals surface area contributed by atoms with Crippen LogP contribution in [0.5, 0.6) is 0 Å². The monoisotopic (exact) mass is 565 g/mol. The first kappa shape index (κ1) is 29.0. The van der Waals surface area contributed by atoms with Crippen LogP contribution in [0.3, 0.4) is 0 Å². The van der Waals surface area contributed by atoms with Crippen molar-refractivity contribution in [3.8, 4) is 0 Å². The van der Waals surface area contributed by atoms with Gasteiger partial charge in [-0.2, -0.15) is 0 Å². The summed E-state index contributed by atoms with van der Waals surface area (Å²) in [5.41, 5.74) is -0.635. The number of nitrogens with one attached hydrogen (secondary N) is 1. The first-order valence-corrected chi connectivity index (χ1v) is 14.5. The number of carbonyl (C=O) groups is 4. The summed E-state index contributed by atoms with van der Waals surface area (Å²) in [4.78, 5) is 58.1. The number of fused-ring (bicyclic) bond motifs is 2. The van der Waals surface area contributed by atoms with Crippen molar-refractivity contribution in [1.82, 2.24) is 15.1 Å². The average molecular weight is 566 g/mol. The van der Waals surface area contributed by atoms with Crippen molar-refractivity contribution < 1.29 is 33.8 Å². The third-order valence-electron chi connectivity index (χ3n) is 8.51. The van der Waals surface area contributed by atoms with Crippen molar-refractivity contribution in [3.05, 3.63) is 60.2 Å². The third-order valence-corrected chi connectivity index (χ3v) is 8.51. The Kier molecular flexibility index (Phi) is 8.60. The Hall–Kier alpha value is -3.50. The van der Waals surface area contributed by atoms with Gasteiger partial charge in [0.1, 0.15) is 23.7 Å². The lowest BCUT2D eigenvalue weighted by Crippen LogP contribution is -2.56. The van der Waals surface area contributed by atoms with E-state index < -0.39 is 41.7 Å². The molecule has 10 heteroatoms. The topological polar surface area (TPSA) is 125 Å². The van der Waals surface area contributed by atoms with E-state index >= 15 is 0 Å². The van der Waals surface area contributed by atoms with Crippen LogP contribution in [0, 0.1) is 11.8 Å². The van der Waals surface area contributed by atoms with Gasteiger partial charge in [-0.05, 0) is 38.7 Å². The SMILES string of the molecule is CC(C)N1CC=C[C@]23O[C@@H]4/C=C\CCC(=O)NC[C@@H](c5ccccc5)OC(=O)[C@@H]4[C@H]2C(=O)N(CCCCO)[C@@H]3C1=O. The Morgan fingerprint density at radius 3 is 2.59 bits per heavy atom. The molecule has 4 heterocycles. The van der Waals surface area contributed by atoms with Crippen molar-refractivity contribution in [2.75, 3.05) is 26.2 Å². The molecule has 1 aromatic rings. The van der Waals surface area contributed by atoms with Crippen molar-refractivity contribution in [1.29, 1.82) is 0 Å². The summed E-state index contributed by atoms with van der Waals surface area (Å²) in [6.45, 7) is 4.55. The van der Waals surface area contributed by atoms with Crippen molar-refractivity contribution in [3.63, 3.8) is 0 Å².